The average Bonchev–Trinajstić information content (AvgIpc) is 2.65. The Morgan fingerprint density at radius 2 is 1.71 bits per heavy atom. The fourth-order valence-corrected chi connectivity index (χ4v) is 2.47. The Morgan fingerprint density at radius 3 is 2.36 bits per heavy atom. The number of anilines is 1. The van der Waals surface area contributed by atoms with Crippen molar-refractivity contribution in [3.8, 4) is 23.3 Å². The van der Waals surface area contributed by atoms with Crippen molar-refractivity contribution in [3.63, 3.8) is 0 Å². The molecule has 1 aromatic heterocycles. The van der Waals surface area contributed by atoms with Gasteiger partial charge in [0.1, 0.15) is 12.4 Å². The molecule has 6 nitrogen and oxygen atoms in total. The monoisotopic (exact) mass is 407 g/mol. The first-order valence-electron chi connectivity index (χ1n) is 8.09. The number of methoxy groups -OCH3 is 1. The SMILES string of the molecule is COc1cc(OCc2cc(F)c(Oc3ccc(Cl)c(C)c3)c(F)c2)nc(N)n1. The van der Waals surface area contributed by atoms with E-state index in [0.717, 1.165) is 17.7 Å². The van der Waals surface area contributed by atoms with Crippen LogP contribution in [0.4, 0.5) is 14.7 Å². The molecule has 0 fully saturated rings. The maximum Gasteiger partial charge on any atom is 0.226 e. The van der Waals surface area contributed by atoms with Crippen LogP contribution in [0.25, 0.3) is 0 Å². The molecule has 146 valence electrons. The van der Waals surface area contributed by atoms with Crippen LogP contribution < -0.4 is 19.9 Å². The molecule has 2 aromatic carbocycles. The molecule has 0 unspecified atom stereocenters. The van der Waals surface area contributed by atoms with E-state index in [9.17, 15) is 8.78 Å². The molecule has 3 rings (SSSR count). The molecule has 0 aliphatic heterocycles. The van der Waals surface area contributed by atoms with Gasteiger partial charge in [0.2, 0.25) is 17.7 Å². The summed E-state index contributed by atoms with van der Waals surface area (Å²) in [6.45, 7) is 1.62. The number of aromatic nitrogens is 2. The minimum atomic E-state index is -0.869. The summed E-state index contributed by atoms with van der Waals surface area (Å²) in [4.78, 5) is 7.69. The number of benzene rings is 2. The molecular weight excluding hydrogens is 392 g/mol. The highest BCUT2D eigenvalue weighted by Crippen LogP contribution is 2.31. The van der Waals surface area contributed by atoms with Crippen LogP contribution in [0.15, 0.2) is 36.4 Å². The second kappa shape index (κ2) is 8.26. The summed E-state index contributed by atoms with van der Waals surface area (Å²) < 4.78 is 44.5. The first-order valence-corrected chi connectivity index (χ1v) is 8.47. The van der Waals surface area contributed by atoms with Crippen molar-refractivity contribution in [2.45, 2.75) is 13.5 Å². The highest BCUT2D eigenvalue weighted by molar-refractivity contribution is 6.31. The van der Waals surface area contributed by atoms with Gasteiger partial charge in [0.25, 0.3) is 0 Å². The lowest BCUT2D eigenvalue weighted by Crippen LogP contribution is -2.04. The van der Waals surface area contributed by atoms with Crippen molar-refractivity contribution in [2.75, 3.05) is 12.8 Å². The Bertz CT molecular complexity index is 995. The summed E-state index contributed by atoms with van der Waals surface area (Å²) >= 11 is 5.94. The summed E-state index contributed by atoms with van der Waals surface area (Å²) in [5.41, 5.74) is 6.51. The molecule has 0 aliphatic carbocycles. The van der Waals surface area contributed by atoms with Crippen LogP contribution in [0.1, 0.15) is 11.1 Å². The van der Waals surface area contributed by atoms with E-state index in [1.165, 1.54) is 19.2 Å². The first kappa shape index (κ1) is 19.6. The molecule has 0 spiro atoms. The fourth-order valence-electron chi connectivity index (χ4n) is 2.35. The van der Waals surface area contributed by atoms with Crippen molar-refractivity contribution in [1.29, 1.82) is 0 Å². The summed E-state index contributed by atoms with van der Waals surface area (Å²) in [6, 6.07) is 8.34. The number of hydrogen-bond donors (Lipinski definition) is 1. The largest absolute Gasteiger partial charge is 0.481 e. The molecule has 0 atom stereocenters. The third-order valence-corrected chi connectivity index (χ3v) is 4.12. The van der Waals surface area contributed by atoms with Gasteiger partial charge in [0.05, 0.1) is 13.2 Å². The number of aryl methyl sites for hydroxylation is 1. The minimum absolute atomic E-state index is 0.0475. The Labute approximate surface area is 164 Å². The average molecular weight is 408 g/mol. The number of hydrogen-bond acceptors (Lipinski definition) is 6. The normalized spacial score (nSPS) is 10.6. The quantitative estimate of drug-likeness (QED) is 0.639. The van der Waals surface area contributed by atoms with E-state index in [1.807, 2.05) is 0 Å². The zero-order valence-electron chi connectivity index (χ0n) is 15.0. The molecular formula is C19H16ClF2N3O3. The Balaban J connectivity index is 1.76. The maximum atomic E-state index is 14.4. The van der Waals surface area contributed by atoms with Gasteiger partial charge in [-0.1, -0.05) is 11.6 Å². The predicted molar refractivity (Wildman–Crippen MR) is 99.9 cm³/mol. The maximum absolute atomic E-state index is 14.4. The lowest BCUT2D eigenvalue weighted by Gasteiger charge is -2.12. The standard InChI is InChI=1S/C19H16ClF2N3O3/c1-10-5-12(3-4-13(10)20)28-18-14(21)6-11(7-15(18)22)9-27-17-8-16(26-2)24-19(23)25-17/h3-8H,9H2,1-2H3,(H2,23,24,25). The number of nitrogen functional groups attached to an aromatic ring is 1. The smallest absolute Gasteiger partial charge is 0.226 e. The number of halogens is 3. The van der Waals surface area contributed by atoms with Crippen LogP contribution in [0.5, 0.6) is 23.3 Å². The summed E-state index contributed by atoms with van der Waals surface area (Å²) in [5, 5.41) is 0.530. The van der Waals surface area contributed by atoms with Crippen molar-refractivity contribution < 1.29 is 23.0 Å². The predicted octanol–water partition coefficient (Wildman–Crippen LogP) is 4.68. The third-order valence-electron chi connectivity index (χ3n) is 3.70. The fraction of sp³-hybridized carbons (Fsp3) is 0.158. The number of nitrogens with zero attached hydrogens (tertiary/aromatic N) is 2. The zero-order valence-corrected chi connectivity index (χ0v) is 15.8. The van der Waals surface area contributed by atoms with Gasteiger partial charge >= 0.3 is 0 Å². The molecule has 2 N–H and O–H groups in total. The first-order chi connectivity index (χ1) is 13.4. The topological polar surface area (TPSA) is 79.5 Å². The van der Waals surface area contributed by atoms with Crippen molar-refractivity contribution in [3.05, 3.63) is 64.2 Å². The van der Waals surface area contributed by atoms with Gasteiger partial charge in [-0.2, -0.15) is 9.97 Å². The van der Waals surface area contributed by atoms with Crippen LogP contribution in [-0.2, 0) is 6.61 Å². The van der Waals surface area contributed by atoms with Gasteiger partial charge in [-0.25, -0.2) is 8.78 Å². The second-order valence-corrected chi connectivity index (χ2v) is 6.20. The molecule has 0 aliphatic rings. The number of ether oxygens (including phenoxy) is 3. The van der Waals surface area contributed by atoms with E-state index in [1.54, 1.807) is 19.1 Å². The van der Waals surface area contributed by atoms with Crippen molar-refractivity contribution in [1.82, 2.24) is 9.97 Å². The summed E-state index contributed by atoms with van der Waals surface area (Å²) in [6.07, 6.45) is 0. The van der Waals surface area contributed by atoms with Gasteiger partial charge in [-0.3, -0.25) is 0 Å². The Hall–Kier alpha value is -3.13. The zero-order chi connectivity index (χ0) is 20.3. The molecule has 0 radical (unpaired) electrons. The lowest BCUT2D eigenvalue weighted by molar-refractivity contribution is 0.288. The van der Waals surface area contributed by atoms with Crippen LogP contribution in [0, 0.1) is 18.6 Å². The van der Waals surface area contributed by atoms with Gasteiger partial charge in [0, 0.05) is 5.02 Å². The highest BCUT2D eigenvalue weighted by atomic mass is 35.5. The van der Waals surface area contributed by atoms with Crippen LogP contribution in [0.2, 0.25) is 5.02 Å². The summed E-state index contributed by atoms with van der Waals surface area (Å²) in [7, 11) is 1.41. The number of nitrogens with two attached hydrogens (primary N) is 1. The van der Waals surface area contributed by atoms with Crippen molar-refractivity contribution >= 4 is 17.5 Å². The highest BCUT2D eigenvalue weighted by Gasteiger charge is 2.15. The van der Waals surface area contributed by atoms with Gasteiger partial charge in [0.15, 0.2) is 17.4 Å². The molecule has 9 heteroatoms. The second-order valence-electron chi connectivity index (χ2n) is 5.80. The van der Waals surface area contributed by atoms with Gasteiger partial charge in [-0.15, -0.1) is 0 Å². The van der Waals surface area contributed by atoms with Crippen molar-refractivity contribution in [2.24, 2.45) is 0 Å². The van der Waals surface area contributed by atoms with Gasteiger partial charge < -0.3 is 19.9 Å². The number of rotatable bonds is 6. The lowest BCUT2D eigenvalue weighted by atomic mass is 10.2. The molecule has 0 bridgehead atoms. The van der Waals surface area contributed by atoms with Crippen LogP contribution in [0.3, 0.4) is 0 Å². The third kappa shape index (κ3) is 4.58. The van der Waals surface area contributed by atoms with E-state index in [4.69, 9.17) is 31.5 Å². The van der Waals surface area contributed by atoms with E-state index < -0.39 is 17.4 Å². The summed E-state index contributed by atoms with van der Waals surface area (Å²) in [5.74, 6) is -1.71. The van der Waals surface area contributed by atoms with E-state index in [0.29, 0.717) is 5.02 Å². The van der Waals surface area contributed by atoms with Crippen LogP contribution in [-0.4, -0.2) is 17.1 Å². The van der Waals surface area contributed by atoms with E-state index in [-0.39, 0.29) is 35.6 Å². The molecule has 1 heterocycles. The molecule has 28 heavy (non-hydrogen) atoms. The van der Waals surface area contributed by atoms with E-state index >= 15 is 0 Å². The van der Waals surface area contributed by atoms with Crippen LogP contribution >= 0.6 is 11.6 Å². The Kier molecular flexibility index (Phi) is 5.79. The van der Waals surface area contributed by atoms with Gasteiger partial charge in [-0.05, 0) is 48.4 Å². The molecule has 0 amide bonds. The molecule has 0 saturated carbocycles. The molecule has 0 saturated heterocycles. The Morgan fingerprint density at radius 1 is 1.04 bits per heavy atom. The molecule has 3 aromatic rings. The minimum Gasteiger partial charge on any atom is -0.481 e. The van der Waals surface area contributed by atoms with E-state index in [2.05, 4.69) is 9.97 Å².